The van der Waals surface area contributed by atoms with Crippen LogP contribution in [0.15, 0.2) is 83.8 Å². The highest BCUT2D eigenvalue weighted by Crippen LogP contribution is 2.29. The van der Waals surface area contributed by atoms with E-state index < -0.39 is 0 Å². The first-order valence-corrected chi connectivity index (χ1v) is 11.2. The second kappa shape index (κ2) is 9.29. The number of esters is 1. The van der Waals surface area contributed by atoms with Crippen molar-refractivity contribution in [1.29, 1.82) is 0 Å². The Labute approximate surface area is 176 Å². The lowest BCUT2D eigenvalue weighted by atomic mass is 9.88. The van der Waals surface area contributed by atoms with Crippen molar-refractivity contribution in [3.8, 4) is 11.1 Å². The van der Waals surface area contributed by atoms with Crippen molar-refractivity contribution in [3.63, 3.8) is 0 Å². The monoisotopic (exact) mass is 403 g/mol. The van der Waals surface area contributed by atoms with Gasteiger partial charge in [-0.05, 0) is 60.2 Å². The summed E-state index contributed by atoms with van der Waals surface area (Å²) in [6, 6.07) is 26.5. The predicted molar refractivity (Wildman–Crippen MR) is 120 cm³/mol. The minimum Gasteiger partial charge on any atom is -0.457 e. The zero-order valence-corrected chi connectivity index (χ0v) is 17.3. The zero-order chi connectivity index (χ0) is 20.1. The molecule has 1 N–H and O–H groups in total. The molecule has 3 aromatic carbocycles. The van der Waals surface area contributed by atoms with Crippen LogP contribution >= 0.6 is 11.8 Å². The van der Waals surface area contributed by atoms with E-state index in [0.717, 1.165) is 24.1 Å². The molecule has 1 aliphatic rings. The van der Waals surface area contributed by atoms with Gasteiger partial charge in [0.05, 0.1) is 5.56 Å². The fraction of sp³-hybridized carbons (Fsp3) is 0.240. The van der Waals surface area contributed by atoms with Gasteiger partial charge in [0, 0.05) is 17.4 Å². The van der Waals surface area contributed by atoms with Crippen LogP contribution < -0.4 is 5.32 Å². The Morgan fingerprint density at radius 2 is 1.59 bits per heavy atom. The van der Waals surface area contributed by atoms with Crippen LogP contribution in [-0.4, -0.2) is 31.4 Å². The van der Waals surface area contributed by atoms with Crippen LogP contribution in [-0.2, 0) is 4.74 Å². The number of hydrogen-bond acceptors (Lipinski definition) is 4. The molecule has 148 valence electrons. The first-order chi connectivity index (χ1) is 14.2. The number of nitrogens with one attached hydrogen (secondary N) is 1. The van der Waals surface area contributed by atoms with Gasteiger partial charge in [-0.15, -0.1) is 11.8 Å². The summed E-state index contributed by atoms with van der Waals surface area (Å²) in [6.45, 7) is 1.63. The fourth-order valence-electron chi connectivity index (χ4n) is 3.82. The van der Waals surface area contributed by atoms with E-state index in [0.29, 0.717) is 12.1 Å². The summed E-state index contributed by atoms with van der Waals surface area (Å²) in [6.07, 6.45) is 2.88. The number of rotatable bonds is 5. The second-order valence-electron chi connectivity index (χ2n) is 7.26. The summed E-state index contributed by atoms with van der Waals surface area (Å²) in [5.74, 6) is -0.0282. The molecule has 1 fully saturated rings. The number of carbonyl (C=O) groups is 1. The summed E-state index contributed by atoms with van der Waals surface area (Å²) in [5.41, 5.74) is 4.06. The van der Waals surface area contributed by atoms with Gasteiger partial charge in [-0.1, -0.05) is 54.6 Å². The molecule has 0 saturated carbocycles. The Balaban J connectivity index is 1.46. The molecule has 2 atom stereocenters. The highest BCUT2D eigenvalue weighted by molar-refractivity contribution is 7.98. The van der Waals surface area contributed by atoms with Crippen molar-refractivity contribution in [2.75, 3.05) is 19.3 Å². The van der Waals surface area contributed by atoms with Gasteiger partial charge >= 0.3 is 5.97 Å². The summed E-state index contributed by atoms with van der Waals surface area (Å²) in [4.78, 5) is 14.0. The van der Waals surface area contributed by atoms with E-state index in [2.05, 4.69) is 48.0 Å². The molecular formula is C25H25NO2S. The van der Waals surface area contributed by atoms with Crippen molar-refractivity contribution >= 4 is 17.7 Å². The molecular weight excluding hydrogens is 378 g/mol. The molecule has 0 aliphatic carbocycles. The standard InChI is InChI=1S/C25H25NO2S/c1-29-22-13-11-19(12-14-22)18-7-9-21(10-8-18)25(27)28-24-17-26-16-15-23(24)20-5-3-2-4-6-20/h2-14,23-24,26H,15-17H2,1H3/t23-,24+/m0/s1. The number of piperidine rings is 1. The van der Waals surface area contributed by atoms with Crippen LogP contribution in [0.25, 0.3) is 11.1 Å². The smallest absolute Gasteiger partial charge is 0.338 e. The largest absolute Gasteiger partial charge is 0.457 e. The maximum atomic E-state index is 12.8. The number of benzene rings is 3. The van der Waals surface area contributed by atoms with E-state index >= 15 is 0 Å². The van der Waals surface area contributed by atoms with Crippen LogP contribution in [0.3, 0.4) is 0 Å². The van der Waals surface area contributed by atoms with Gasteiger partial charge in [-0.25, -0.2) is 4.79 Å². The molecule has 1 aliphatic heterocycles. The molecule has 0 spiro atoms. The first-order valence-electron chi connectivity index (χ1n) is 9.96. The zero-order valence-electron chi connectivity index (χ0n) is 16.5. The van der Waals surface area contributed by atoms with Gasteiger partial charge in [0.15, 0.2) is 0 Å². The van der Waals surface area contributed by atoms with E-state index in [9.17, 15) is 4.79 Å². The molecule has 4 heteroatoms. The lowest BCUT2D eigenvalue weighted by molar-refractivity contribution is 0.0182. The third-order valence-corrected chi connectivity index (χ3v) is 6.20. The third kappa shape index (κ3) is 4.72. The molecule has 0 bridgehead atoms. The predicted octanol–water partition coefficient (Wildman–Crippen LogP) is 5.38. The van der Waals surface area contributed by atoms with Crippen LogP contribution in [0.2, 0.25) is 0 Å². The highest BCUT2D eigenvalue weighted by Gasteiger charge is 2.29. The van der Waals surface area contributed by atoms with Crippen molar-refractivity contribution in [3.05, 3.63) is 90.0 Å². The Morgan fingerprint density at radius 1 is 0.931 bits per heavy atom. The molecule has 1 heterocycles. The Hall–Kier alpha value is -2.56. The topological polar surface area (TPSA) is 38.3 Å². The lowest BCUT2D eigenvalue weighted by Crippen LogP contribution is -2.42. The molecule has 29 heavy (non-hydrogen) atoms. The van der Waals surface area contributed by atoms with Crippen LogP contribution in [0.5, 0.6) is 0 Å². The highest BCUT2D eigenvalue weighted by atomic mass is 32.2. The van der Waals surface area contributed by atoms with Crippen molar-refractivity contribution in [2.24, 2.45) is 0 Å². The first kappa shape index (κ1) is 19.7. The molecule has 4 rings (SSSR count). The van der Waals surface area contributed by atoms with E-state index in [1.54, 1.807) is 11.8 Å². The van der Waals surface area contributed by atoms with Crippen molar-refractivity contribution in [2.45, 2.75) is 23.3 Å². The van der Waals surface area contributed by atoms with Crippen LogP contribution in [0.4, 0.5) is 0 Å². The minimum atomic E-state index is -0.260. The van der Waals surface area contributed by atoms with E-state index in [4.69, 9.17) is 4.74 Å². The Kier molecular flexibility index (Phi) is 6.33. The molecule has 3 aromatic rings. The number of hydrogen-bond donors (Lipinski definition) is 1. The van der Waals surface area contributed by atoms with Crippen molar-refractivity contribution < 1.29 is 9.53 Å². The molecule has 0 unspecified atom stereocenters. The van der Waals surface area contributed by atoms with E-state index in [-0.39, 0.29) is 18.0 Å². The van der Waals surface area contributed by atoms with Gasteiger partial charge in [0.2, 0.25) is 0 Å². The molecule has 1 saturated heterocycles. The number of thioether (sulfide) groups is 1. The molecule has 0 aromatic heterocycles. The van der Waals surface area contributed by atoms with Gasteiger partial charge in [0.25, 0.3) is 0 Å². The molecule has 0 amide bonds. The summed E-state index contributed by atoms with van der Waals surface area (Å²) < 4.78 is 5.92. The van der Waals surface area contributed by atoms with Crippen LogP contribution in [0, 0.1) is 0 Å². The maximum Gasteiger partial charge on any atom is 0.338 e. The average Bonchev–Trinajstić information content (AvgIpc) is 2.80. The summed E-state index contributed by atoms with van der Waals surface area (Å²) >= 11 is 1.73. The molecule has 0 radical (unpaired) electrons. The van der Waals surface area contributed by atoms with Crippen molar-refractivity contribution in [1.82, 2.24) is 5.32 Å². The van der Waals surface area contributed by atoms with E-state index in [1.165, 1.54) is 10.5 Å². The normalized spacial score (nSPS) is 18.9. The summed E-state index contributed by atoms with van der Waals surface area (Å²) in [5, 5.41) is 3.35. The van der Waals surface area contributed by atoms with Gasteiger partial charge in [-0.2, -0.15) is 0 Å². The SMILES string of the molecule is CSc1ccc(-c2ccc(C(=O)O[C@@H]3CNCC[C@H]3c3ccccc3)cc2)cc1. The Morgan fingerprint density at radius 3 is 2.24 bits per heavy atom. The fourth-order valence-corrected chi connectivity index (χ4v) is 4.23. The number of carbonyl (C=O) groups excluding carboxylic acids is 1. The quantitative estimate of drug-likeness (QED) is 0.459. The van der Waals surface area contributed by atoms with Crippen LogP contribution in [0.1, 0.15) is 28.3 Å². The number of ether oxygens (including phenoxy) is 1. The van der Waals surface area contributed by atoms with Gasteiger partial charge < -0.3 is 10.1 Å². The molecule has 3 nitrogen and oxygen atoms in total. The summed E-state index contributed by atoms with van der Waals surface area (Å²) in [7, 11) is 0. The Bertz CT molecular complexity index is 939. The maximum absolute atomic E-state index is 12.8. The van der Waals surface area contributed by atoms with E-state index in [1.807, 2.05) is 42.5 Å². The second-order valence-corrected chi connectivity index (χ2v) is 8.14. The third-order valence-electron chi connectivity index (χ3n) is 5.46. The average molecular weight is 404 g/mol. The lowest BCUT2D eigenvalue weighted by Gasteiger charge is -2.32. The minimum absolute atomic E-state index is 0.155. The van der Waals surface area contributed by atoms with Gasteiger partial charge in [-0.3, -0.25) is 0 Å². The van der Waals surface area contributed by atoms with Gasteiger partial charge in [0.1, 0.15) is 6.10 Å².